The zero-order valence-electron chi connectivity index (χ0n) is 13.4. The van der Waals surface area contributed by atoms with E-state index in [0.717, 1.165) is 24.1 Å². The second-order valence-electron chi connectivity index (χ2n) is 6.11. The van der Waals surface area contributed by atoms with Crippen LogP contribution in [0.25, 0.3) is 0 Å². The fraction of sp³-hybridized carbons (Fsp3) is 0.733. The largest absolute Gasteiger partial charge is 0.331 e. The standard InChI is InChI=1S/C15H25N3O2.ClH/c1-11-13(10-16(2)3)14(19)17(4)15(20)18(11)12-8-6-5-7-9-12;/h12H,5-10H2,1-4H3;1H. The monoisotopic (exact) mass is 315 g/mol. The molecule has 120 valence electrons. The van der Waals surface area contributed by atoms with E-state index in [2.05, 4.69) is 0 Å². The first kappa shape index (κ1) is 18.0. The fourth-order valence-corrected chi connectivity index (χ4v) is 3.16. The number of hydrogen-bond donors (Lipinski definition) is 0. The van der Waals surface area contributed by atoms with Crippen LogP contribution < -0.4 is 11.2 Å². The highest BCUT2D eigenvalue weighted by molar-refractivity contribution is 5.85. The number of aromatic nitrogens is 2. The summed E-state index contributed by atoms with van der Waals surface area (Å²) in [4.78, 5) is 26.7. The lowest BCUT2D eigenvalue weighted by Gasteiger charge is -2.27. The summed E-state index contributed by atoms with van der Waals surface area (Å²) in [6.07, 6.45) is 5.67. The Morgan fingerprint density at radius 3 is 2.24 bits per heavy atom. The van der Waals surface area contributed by atoms with E-state index in [9.17, 15) is 9.59 Å². The highest BCUT2D eigenvalue weighted by Crippen LogP contribution is 2.28. The van der Waals surface area contributed by atoms with E-state index in [4.69, 9.17) is 0 Å². The molecule has 2 rings (SSSR count). The molecule has 1 saturated carbocycles. The molecule has 0 amide bonds. The lowest BCUT2D eigenvalue weighted by Crippen LogP contribution is -2.44. The molecule has 21 heavy (non-hydrogen) atoms. The van der Waals surface area contributed by atoms with Gasteiger partial charge in [0.1, 0.15) is 0 Å². The van der Waals surface area contributed by atoms with Crippen LogP contribution in [0.3, 0.4) is 0 Å². The Balaban J connectivity index is 0.00000220. The summed E-state index contributed by atoms with van der Waals surface area (Å²) in [5.74, 6) is 0. The first-order chi connectivity index (χ1) is 9.43. The summed E-state index contributed by atoms with van der Waals surface area (Å²) in [7, 11) is 5.46. The fourth-order valence-electron chi connectivity index (χ4n) is 3.16. The van der Waals surface area contributed by atoms with Crippen LogP contribution in [0.2, 0.25) is 0 Å². The zero-order valence-corrected chi connectivity index (χ0v) is 14.2. The van der Waals surface area contributed by atoms with E-state index in [1.807, 2.05) is 30.5 Å². The molecule has 1 aliphatic rings. The van der Waals surface area contributed by atoms with Crippen molar-refractivity contribution < 1.29 is 0 Å². The van der Waals surface area contributed by atoms with Crippen molar-refractivity contribution in [2.45, 2.75) is 51.6 Å². The molecule has 1 aromatic rings. The Morgan fingerprint density at radius 1 is 1.14 bits per heavy atom. The first-order valence-electron chi connectivity index (χ1n) is 7.39. The van der Waals surface area contributed by atoms with E-state index < -0.39 is 0 Å². The van der Waals surface area contributed by atoms with Crippen molar-refractivity contribution in [1.29, 1.82) is 0 Å². The van der Waals surface area contributed by atoms with Gasteiger partial charge < -0.3 is 4.90 Å². The number of hydrogen-bond acceptors (Lipinski definition) is 3. The molecule has 0 aromatic carbocycles. The van der Waals surface area contributed by atoms with Crippen LogP contribution in [0.5, 0.6) is 0 Å². The summed E-state index contributed by atoms with van der Waals surface area (Å²) in [5, 5.41) is 0. The molecule has 0 bridgehead atoms. The average Bonchev–Trinajstić information content (AvgIpc) is 2.42. The summed E-state index contributed by atoms with van der Waals surface area (Å²) in [6, 6.07) is 0.254. The minimum atomic E-state index is -0.165. The lowest BCUT2D eigenvalue weighted by atomic mass is 9.95. The van der Waals surface area contributed by atoms with Crippen molar-refractivity contribution in [3.63, 3.8) is 0 Å². The van der Waals surface area contributed by atoms with Crippen LogP contribution in [-0.2, 0) is 13.6 Å². The Hall–Kier alpha value is -1.07. The molecule has 5 nitrogen and oxygen atoms in total. The van der Waals surface area contributed by atoms with Crippen LogP contribution in [0, 0.1) is 6.92 Å². The molecule has 0 radical (unpaired) electrons. The van der Waals surface area contributed by atoms with Crippen molar-refractivity contribution in [3.05, 3.63) is 32.1 Å². The Bertz CT molecular complexity index is 598. The van der Waals surface area contributed by atoms with Crippen molar-refractivity contribution in [3.8, 4) is 0 Å². The number of nitrogens with zero attached hydrogens (tertiary/aromatic N) is 3. The van der Waals surface area contributed by atoms with Gasteiger partial charge >= 0.3 is 5.69 Å². The Labute approximate surface area is 132 Å². The maximum atomic E-state index is 12.5. The quantitative estimate of drug-likeness (QED) is 0.855. The molecular formula is C15H26ClN3O2. The van der Waals surface area contributed by atoms with Gasteiger partial charge in [-0.3, -0.25) is 13.9 Å². The second kappa shape index (κ2) is 7.27. The predicted molar refractivity (Wildman–Crippen MR) is 87.4 cm³/mol. The average molecular weight is 316 g/mol. The van der Waals surface area contributed by atoms with Crippen LogP contribution in [0.15, 0.2) is 9.59 Å². The smallest absolute Gasteiger partial charge is 0.305 e. The van der Waals surface area contributed by atoms with Crippen LogP contribution in [0.1, 0.15) is 49.4 Å². The van der Waals surface area contributed by atoms with E-state index in [0.29, 0.717) is 6.54 Å². The second-order valence-corrected chi connectivity index (χ2v) is 6.11. The van der Waals surface area contributed by atoms with Gasteiger partial charge in [-0.25, -0.2) is 4.79 Å². The molecule has 1 heterocycles. The molecule has 6 heteroatoms. The molecule has 1 aromatic heterocycles. The number of halogens is 1. The van der Waals surface area contributed by atoms with E-state index >= 15 is 0 Å². The maximum absolute atomic E-state index is 12.5. The topological polar surface area (TPSA) is 47.2 Å². The van der Waals surface area contributed by atoms with Gasteiger partial charge in [-0.1, -0.05) is 19.3 Å². The Morgan fingerprint density at radius 2 is 1.71 bits per heavy atom. The summed E-state index contributed by atoms with van der Waals surface area (Å²) in [6.45, 7) is 2.49. The molecule has 1 aliphatic carbocycles. The van der Waals surface area contributed by atoms with Crippen molar-refractivity contribution >= 4 is 12.4 Å². The molecule has 0 saturated heterocycles. The Kier molecular flexibility index (Phi) is 6.23. The van der Waals surface area contributed by atoms with Gasteiger partial charge in [0.15, 0.2) is 0 Å². The van der Waals surface area contributed by atoms with E-state index in [1.54, 1.807) is 7.05 Å². The van der Waals surface area contributed by atoms with Crippen molar-refractivity contribution in [2.24, 2.45) is 7.05 Å². The van der Waals surface area contributed by atoms with Crippen LogP contribution >= 0.6 is 12.4 Å². The number of rotatable bonds is 3. The van der Waals surface area contributed by atoms with E-state index in [-0.39, 0.29) is 29.7 Å². The van der Waals surface area contributed by atoms with Gasteiger partial charge in [-0.15, -0.1) is 12.4 Å². The normalized spacial score (nSPS) is 16.0. The van der Waals surface area contributed by atoms with Gasteiger partial charge in [-0.2, -0.15) is 0 Å². The third-order valence-corrected chi connectivity index (χ3v) is 4.27. The first-order valence-corrected chi connectivity index (χ1v) is 7.39. The third kappa shape index (κ3) is 3.58. The molecule has 0 spiro atoms. The molecule has 0 atom stereocenters. The van der Waals surface area contributed by atoms with Crippen LogP contribution in [-0.4, -0.2) is 28.1 Å². The van der Waals surface area contributed by atoms with Crippen molar-refractivity contribution in [1.82, 2.24) is 14.0 Å². The minimum Gasteiger partial charge on any atom is -0.305 e. The molecule has 0 aliphatic heterocycles. The molecule has 0 unspecified atom stereocenters. The highest BCUT2D eigenvalue weighted by Gasteiger charge is 2.22. The summed E-state index contributed by atoms with van der Waals surface area (Å²) in [5.41, 5.74) is 1.26. The van der Waals surface area contributed by atoms with Gasteiger partial charge in [0.2, 0.25) is 0 Å². The highest BCUT2D eigenvalue weighted by atomic mass is 35.5. The summed E-state index contributed by atoms with van der Waals surface area (Å²) < 4.78 is 3.12. The predicted octanol–water partition coefficient (Wildman–Crippen LogP) is 1.84. The van der Waals surface area contributed by atoms with Crippen LogP contribution in [0.4, 0.5) is 0 Å². The van der Waals surface area contributed by atoms with E-state index in [1.165, 1.54) is 23.8 Å². The lowest BCUT2D eigenvalue weighted by molar-refractivity contribution is 0.325. The van der Waals surface area contributed by atoms with Crippen molar-refractivity contribution in [2.75, 3.05) is 14.1 Å². The van der Waals surface area contributed by atoms with Gasteiger partial charge in [-0.05, 0) is 33.9 Å². The molecule has 1 fully saturated rings. The van der Waals surface area contributed by atoms with Gasteiger partial charge in [0.05, 0.1) is 5.56 Å². The third-order valence-electron chi connectivity index (χ3n) is 4.27. The molecular weight excluding hydrogens is 290 g/mol. The minimum absolute atomic E-state index is 0. The SMILES string of the molecule is Cc1c(CN(C)C)c(=O)n(C)c(=O)n1C1CCCCC1.Cl. The zero-order chi connectivity index (χ0) is 14.9. The van der Waals surface area contributed by atoms with Gasteiger partial charge in [0, 0.05) is 25.3 Å². The molecule has 0 N–H and O–H groups in total. The summed E-state index contributed by atoms with van der Waals surface area (Å²) >= 11 is 0. The maximum Gasteiger partial charge on any atom is 0.331 e. The van der Waals surface area contributed by atoms with Gasteiger partial charge in [0.25, 0.3) is 5.56 Å².